The zero-order chi connectivity index (χ0) is 18.0. The van der Waals surface area contributed by atoms with Crippen molar-refractivity contribution in [3.63, 3.8) is 0 Å². The lowest BCUT2D eigenvalue weighted by Crippen LogP contribution is -2.52. The van der Waals surface area contributed by atoms with Gasteiger partial charge in [0.05, 0.1) is 5.03 Å². The second-order valence-corrected chi connectivity index (χ2v) is 9.37. The highest BCUT2D eigenvalue weighted by Gasteiger charge is 2.60. The van der Waals surface area contributed by atoms with Gasteiger partial charge < -0.3 is 4.84 Å². The third-order valence-corrected chi connectivity index (χ3v) is 8.62. The molecule has 0 aromatic heterocycles. The first-order chi connectivity index (χ1) is 11.8. The lowest BCUT2D eigenvalue weighted by atomic mass is 9.47. The molecule has 5 nitrogen and oxygen atoms in total. The highest BCUT2D eigenvalue weighted by Crippen LogP contribution is 2.66. The maximum Gasteiger partial charge on any atom is 0.294 e. The molecule has 0 saturated heterocycles. The van der Waals surface area contributed by atoms with Crippen LogP contribution in [0.3, 0.4) is 0 Å². The first-order valence-electron chi connectivity index (χ1n) is 9.51. The topological polar surface area (TPSA) is 69.4 Å². The van der Waals surface area contributed by atoms with Crippen LogP contribution in [0.1, 0.15) is 65.2 Å². The highest BCUT2D eigenvalue weighted by molar-refractivity contribution is 6.43. The van der Waals surface area contributed by atoms with Crippen molar-refractivity contribution in [2.75, 3.05) is 0 Å². The van der Waals surface area contributed by atoms with E-state index >= 15 is 0 Å². The normalized spacial score (nSPS) is 46.3. The maximum atomic E-state index is 12.1. The van der Waals surface area contributed by atoms with E-state index in [9.17, 15) is 14.9 Å². The summed E-state index contributed by atoms with van der Waals surface area (Å²) in [6, 6.07) is 0. The summed E-state index contributed by atoms with van der Waals surface area (Å²) in [5.74, 6) is 1.68. The third-order valence-electron chi connectivity index (χ3n) is 8.18. The van der Waals surface area contributed by atoms with Gasteiger partial charge in [0, 0.05) is 6.42 Å². The van der Waals surface area contributed by atoms with Crippen LogP contribution >= 0.6 is 11.6 Å². The fraction of sp³-hybridized carbons (Fsp3) is 0.842. The molecule has 138 valence electrons. The quantitative estimate of drug-likeness (QED) is 0.525. The number of halogens is 1. The smallest absolute Gasteiger partial charge is 0.294 e. The van der Waals surface area contributed by atoms with Gasteiger partial charge in [-0.05, 0) is 79.1 Å². The SMILES string of the molecule is C[C@]12CCC(=O)C(Cl)=C1CCC1C2CC[C@@]2(C)C1CC[C@@H]2O[N+](=O)[O-]. The molecule has 4 rings (SSSR count). The highest BCUT2D eigenvalue weighted by atomic mass is 35.5. The molecule has 0 aromatic carbocycles. The van der Waals surface area contributed by atoms with E-state index < -0.39 is 5.09 Å². The molecule has 0 bridgehead atoms. The molecule has 0 spiro atoms. The fourth-order valence-corrected chi connectivity index (χ4v) is 7.28. The van der Waals surface area contributed by atoms with E-state index in [1.807, 2.05) is 0 Å². The molecule has 3 fully saturated rings. The van der Waals surface area contributed by atoms with Crippen molar-refractivity contribution in [3.05, 3.63) is 20.7 Å². The van der Waals surface area contributed by atoms with Crippen LogP contribution in [0, 0.1) is 38.7 Å². The molecule has 25 heavy (non-hydrogen) atoms. The fourth-order valence-electron chi connectivity index (χ4n) is 6.88. The van der Waals surface area contributed by atoms with Crippen molar-refractivity contribution in [2.45, 2.75) is 71.3 Å². The Morgan fingerprint density at radius 1 is 1.12 bits per heavy atom. The lowest BCUT2D eigenvalue weighted by Gasteiger charge is -2.58. The number of hydrogen-bond donors (Lipinski definition) is 0. The molecule has 0 amide bonds. The van der Waals surface area contributed by atoms with E-state index in [2.05, 4.69) is 13.8 Å². The van der Waals surface area contributed by atoms with Gasteiger partial charge in [-0.1, -0.05) is 25.4 Å². The standard InChI is InChI=1S/C19H26ClNO4/c1-18-10-8-15(22)17(20)14(18)4-3-11-12-5-6-16(25-21(23)24)19(12,2)9-7-13(11)18/h11-13,16H,3-10H2,1-2H3/t11?,12?,13?,16-,18+,19-/m0/s1. The molecule has 3 saturated carbocycles. The Balaban J connectivity index is 1.65. The second kappa shape index (κ2) is 5.70. The van der Waals surface area contributed by atoms with Crippen LogP contribution in [-0.4, -0.2) is 17.0 Å². The van der Waals surface area contributed by atoms with E-state index in [0.717, 1.165) is 44.9 Å². The molecule has 4 aliphatic rings. The molecule has 0 N–H and O–H groups in total. The van der Waals surface area contributed by atoms with E-state index in [1.165, 1.54) is 5.57 Å². The van der Waals surface area contributed by atoms with Crippen LogP contribution in [-0.2, 0) is 9.63 Å². The predicted molar refractivity (Wildman–Crippen MR) is 93.4 cm³/mol. The minimum Gasteiger partial charge on any atom is -0.310 e. The largest absolute Gasteiger partial charge is 0.310 e. The van der Waals surface area contributed by atoms with Crippen molar-refractivity contribution in [3.8, 4) is 0 Å². The minimum atomic E-state index is -0.611. The Morgan fingerprint density at radius 3 is 2.60 bits per heavy atom. The van der Waals surface area contributed by atoms with Crippen molar-refractivity contribution >= 4 is 17.4 Å². The van der Waals surface area contributed by atoms with Crippen LogP contribution in [0.2, 0.25) is 0 Å². The van der Waals surface area contributed by atoms with Crippen molar-refractivity contribution in [2.24, 2.45) is 28.6 Å². The van der Waals surface area contributed by atoms with Crippen LogP contribution < -0.4 is 0 Å². The molecule has 3 unspecified atom stereocenters. The summed E-state index contributed by atoms with van der Waals surface area (Å²) in [5, 5.41) is 10.8. The zero-order valence-corrected chi connectivity index (χ0v) is 15.7. The molecule has 0 radical (unpaired) electrons. The molecular formula is C19H26ClNO4. The Morgan fingerprint density at radius 2 is 1.88 bits per heavy atom. The lowest BCUT2D eigenvalue weighted by molar-refractivity contribution is -0.772. The van der Waals surface area contributed by atoms with Gasteiger partial charge in [-0.3, -0.25) is 4.79 Å². The zero-order valence-electron chi connectivity index (χ0n) is 14.9. The van der Waals surface area contributed by atoms with Gasteiger partial charge in [0.15, 0.2) is 5.78 Å². The molecule has 4 aliphatic carbocycles. The maximum absolute atomic E-state index is 12.1. The van der Waals surface area contributed by atoms with Gasteiger partial charge in [-0.15, -0.1) is 10.1 Å². The van der Waals surface area contributed by atoms with Crippen LogP contribution in [0.4, 0.5) is 0 Å². The predicted octanol–water partition coefficient (Wildman–Crippen LogP) is 4.66. The van der Waals surface area contributed by atoms with Crippen molar-refractivity contribution in [1.82, 2.24) is 0 Å². The summed E-state index contributed by atoms with van der Waals surface area (Å²) in [7, 11) is 0. The molecule has 0 aromatic rings. The van der Waals surface area contributed by atoms with Crippen LogP contribution in [0.15, 0.2) is 10.6 Å². The molecule has 6 atom stereocenters. The van der Waals surface area contributed by atoms with Crippen LogP contribution in [0.5, 0.6) is 0 Å². The number of nitrogens with zero attached hydrogens (tertiary/aromatic N) is 1. The monoisotopic (exact) mass is 367 g/mol. The number of ketones is 1. The number of carbonyl (C=O) groups excluding carboxylic acids is 1. The Labute approximate surface area is 153 Å². The summed E-state index contributed by atoms with van der Waals surface area (Å²) in [6.45, 7) is 4.50. The Kier molecular flexibility index (Phi) is 3.95. The molecule has 0 heterocycles. The van der Waals surface area contributed by atoms with Gasteiger partial charge >= 0.3 is 0 Å². The van der Waals surface area contributed by atoms with Crippen molar-refractivity contribution in [1.29, 1.82) is 0 Å². The van der Waals surface area contributed by atoms with E-state index in [1.54, 1.807) is 0 Å². The number of allylic oxidation sites excluding steroid dienone is 1. The number of hydrogen-bond acceptors (Lipinski definition) is 4. The number of rotatable bonds is 2. The first kappa shape index (κ1) is 17.3. The number of fused-ring (bicyclic) bond motifs is 5. The first-order valence-corrected chi connectivity index (χ1v) is 9.88. The summed E-state index contributed by atoms with van der Waals surface area (Å²) >= 11 is 6.42. The van der Waals surface area contributed by atoms with E-state index in [-0.39, 0.29) is 22.7 Å². The van der Waals surface area contributed by atoms with E-state index in [0.29, 0.717) is 29.2 Å². The van der Waals surface area contributed by atoms with Crippen LogP contribution in [0.25, 0.3) is 0 Å². The minimum absolute atomic E-state index is 0.0251. The van der Waals surface area contributed by atoms with Gasteiger partial charge in [0.1, 0.15) is 6.10 Å². The average Bonchev–Trinajstić information content (AvgIpc) is 2.88. The molecule has 0 aliphatic heterocycles. The third kappa shape index (κ3) is 2.37. The van der Waals surface area contributed by atoms with Crippen molar-refractivity contribution < 1.29 is 14.7 Å². The summed E-state index contributed by atoms with van der Waals surface area (Å²) < 4.78 is 0. The molecular weight excluding hydrogens is 342 g/mol. The van der Waals surface area contributed by atoms with E-state index in [4.69, 9.17) is 16.4 Å². The Hall–Kier alpha value is -1.10. The Bertz CT molecular complexity index is 662. The summed E-state index contributed by atoms with van der Waals surface area (Å²) in [5.41, 5.74) is 1.11. The summed E-state index contributed by atoms with van der Waals surface area (Å²) in [6.07, 6.45) is 6.93. The average molecular weight is 368 g/mol. The number of Topliss-reactive ketones (excluding diaryl/α,β-unsaturated/α-hetero) is 1. The van der Waals surface area contributed by atoms with Gasteiger partial charge in [-0.25, -0.2) is 0 Å². The van der Waals surface area contributed by atoms with Gasteiger partial charge in [0.25, 0.3) is 5.09 Å². The molecule has 6 heteroatoms. The second-order valence-electron chi connectivity index (χ2n) is 8.99. The number of carbonyl (C=O) groups is 1. The van der Waals surface area contributed by atoms with Gasteiger partial charge in [-0.2, -0.15) is 0 Å². The van der Waals surface area contributed by atoms with Gasteiger partial charge in [0.2, 0.25) is 0 Å². The summed E-state index contributed by atoms with van der Waals surface area (Å²) in [4.78, 5) is 28.0.